The maximum atomic E-state index is 6.19. The Morgan fingerprint density at radius 2 is 1.95 bits per heavy atom. The average molecular weight is 302 g/mol. The van der Waals surface area contributed by atoms with Gasteiger partial charge in [0.2, 0.25) is 0 Å². The van der Waals surface area contributed by atoms with Crippen molar-refractivity contribution in [2.45, 2.75) is 13.8 Å². The van der Waals surface area contributed by atoms with Crippen molar-refractivity contribution in [2.24, 2.45) is 5.92 Å². The van der Waals surface area contributed by atoms with E-state index in [4.69, 9.17) is 27.9 Å². The third kappa shape index (κ3) is 5.53. The van der Waals surface area contributed by atoms with E-state index in [1.807, 2.05) is 18.2 Å². The lowest BCUT2D eigenvalue weighted by Crippen LogP contribution is -2.23. The summed E-state index contributed by atoms with van der Waals surface area (Å²) in [6.45, 7) is 6.67. The SMILES string of the molecule is COCCNCC(=Cc1c(Cl)cccc1Cl)C(C)C. The Hall–Kier alpha value is -0.540. The van der Waals surface area contributed by atoms with Crippen LogP contribution in [0.25, 0.3) is 6.08 Å². The first kappa shape index (κ1) is 16.5. The molecule has 2 nitrogen and oxygen atoms in total. The van der Waals surface area contributed by atoms with E-state index in [0.29, 0.717) is 22.6 Å². The number of hydrogen-bond acceptors (Lipinski definition) is 2. The molecule has 0 amide bonds. The van der Waals surface area contributed by atoms with Crippen molar-refractivity contribution in [2.75, 3.05) is 26.8 Å². The summed E-state index contributed by atoms with van der Waals surface area (Å²) in [4.78, 5) is 0. The number of nitrogens with one attached hydrogen (secondary N) is 1. The molecule has 1 aromatic rings. The number of hydrogen-bond donors (Lipinski definition) is 1. The molecule has 106 valence electrons. The Bertz CT molecular complexity index is 410. The summed E-state index contributed by atoms with van der Waals surface area (Å²) in [7, 11) is 1.70. The van der Waals surface area contributed by atoms with Gasteiger partial charge in [-0.2, -0.15) is 0 Å². The highest BCUT2D eigenvalue weighted by molar-refractivity contribution is 6.37. The van der Waals surface area contributed by atoms with E-state index in [9.17, 15) is 0 Å². The molecule has 0 aliphatic carbocycles. The van der Waals surface area contributed by atoms with Crippen LogP contribution in [0.5, 0.6) is 0 Å². The van der Waals surface area contributed by atoms with Crippen molar-refractivity contribution < 1.29 is 4.74 Å². The fourth-order valence-corrected chi connectivity index (χ4v) is 2.17. The predicted octanol–water partition coefficient (Wildman–Crippen LogP) is 4.27. The van der Waals surface area contributed by atoms with Crippen molar-refractivity contribution in [1.29, 1.82) is 0 Å². The summed E-state index contributed by atoms with van der Waals surface area (Å²) in [5, 5.41) is 4.71. The van der Waals surface area contributed by atoms with Gasteiger partial charge in [0, 0.05) is 35.8 Å². The van der Waals surface area contributed by atoms with Gasteiger partial charge in [0.1, 0.15) is 0 Å². The van der Waals surface area contributed by atoms with E-state index in [1.54, 1.807) is 7.11 Å². The summed E-state index contributed by atoms with van der Waals surface area (Å²) in [5.41, 5.74) is 2.16. The highest BCUT2D eigenvalue weighted by Crippen LogP contribution is 2.27. The second kappa shape index (κ2) is 8.60. The van der Waals surface area contributed by atoms with E-state index in [1.165, 1.54) is 5.57 Å². The first-order valence-electron chi connectivity index (χ1n) is 6.40. The van der Waals surface area contributed by atoms with Crippen LogP contribution < -0.4 is 5.32 Å². The van der Waals surface area contributed by atoms with Crippen LogP contribution in [0.1, 0.15) is 19.4 Å². The molecular formula is C15H21Cl2NO. The van der Waals surface area contributed by atoms with Gasteiger partial charge < -0.3 is 10.1 Å². The molecular weight excluding hydrogens is 281 g/mol. The molecule has 1 N–H and O–H groups in total. The van der Waals surface area contributed by atoms with Crippen molar-refractivity contribution in [3.8, 4) is 0 Å². The number of halogens is 2. The average Bonchev–Trinajstić information content (AvgIpc) is 2.36. The summed E-state index contributed by atoms with van der Waals surface area (Å²) < 4.78 is 5.02. The molecule has 0 aliphatic heterocycles. The van der Waals surface area contributed by atoms with E-state index in [-0.39, 0.29) is 0 Å². The maximum Gasteiger partial charge on any atom is 0.0587 e. The van der Waals surface area contributed by atoms with Crippen LogP contribution >= 0.6 is 23.2 Å². The number of methoxy groups -OCH3 is 1. The van der Waals surface area contributed by atoms with Crippen molar-refractivity contribution in [1.82, 2.24) is 5.32 Å². The smallest absolute Gasteiger partial charge is 0.0587 e. The van der Waals surface area contributed by atoms with Gasteiger partial charge in [0.15, 0.2) is 0 Å². The maximum absolute atomic E-state index is 6.19. The Morgan fingerprint density at radius 3 is 2.47 bits per heavy atom. The highest BCUT2D eigenvalue weighted by Gasteiger charge is 2.07. The Morgan fingerprint density at radius 1 is 1.32 bits per heavy atom. The van der Waals surface area contributed by atoms with Crippen LogP contribution in [0.4, 0.5) is 0 Å². The zero-order chi connectivity index (χ0) is 14.3. The summed E-state index contributed by atoms with van der Waals surface area (Å²) in [5.74, 6) is 0.433. The molecule has 0 bridgehead atoms. The van der Waals surface area contributed by atoms with Crippen molar-refractivity contribution in [3.05, 3.63) is 39.4 Å². The monoisotopic (exact) mass is 301 g/mol. The van der Waals surface area contributed by atoms with Crippen LogP contribution in [0.2, 0.25) is 10.0 Å². The molecule has 0 aromatic heterocycles. The quantitative estimate of drug-likeness (QED) is 0.760. The van der Waals surface area contributed by atoms with E-state index >= 15 is 0 Å². The van der Waals surface area contributed by atoms with Crippen LogP contribution in [-0.4, -0.2) is 26.8 Å². The van der Waals surface area contributed by atoms with E-state index in [0.717, 1.165) is 18.7 Å². The zero-order valence-corrected chi connectivity index (χ0v) is 13.2. The second-order valence-corrected chi connectivity index (χ2v) is 5.49. The number of ether oxygens (including phenoxy) is 1. The molecule has 0 fully saturated rings. The number of benzene rings is 1. The zero-order valence-electron chi connectivity index (χ0n) is 11.7. The Balaban J connectivity index is 2.83. The van der Waals surface area contributed by atoms with E-state index in [2.05, 4.69) is 25.2 Å². The van der Waals surface area contributed by atoms with Crippen molar-refractivity contribution >= 4 is 29.3 Å². The minimum atomic E-state index is 0.433. The lowest BCUT2D eigenvalue weighted by molar-refractivity contribution is 0.200. The van der Waals surface area contributed by atoms with Gasteiger partial charge in [0.05, 0.1) is 6.61 Å². The molecule has 0 heterocycles. The first-order valence-corrected chi connectivity index (χ1v) is 7.16. The van der Waals surface area contributed by atoms with Gasteiger partial charge in [0.25, 0.3) is 0 Å². The Labute approximate surface area is 125 Å². The van der Waals surface area contributed by atoms with E-state index < -0.39 is 0 Å². The fraction of sp³-hybridized carbons (Fsp3) is 0.467. The Kier molecular flexibility index (Phi) is 7.47. The molecule has 1 rings (SSSR count). The minimum absolute atomic E-state index is 0.433. The fourth-order valence-electron chi connectivity index (χ4n) is 1.66. The predicted molar refractivity (Wildman–Crippen MR) is 84.0 cm³/mol. The van der Waals surface area contributed by atoms with Crippen LogP contribution in [0.15, 0.2) is 23.8 Å². The van der Waals surface area contributed by atoms with Gasteiger partial charge in [-0.1, -0.05) is 54.8 Å². The minimum Gasteiger partial charge on any atom is -0.383 e. The van der Waals surface area contributed by atoms with Gasteiger partial charge in [-0.05, 0) is 18.1 Å². The summed E-state index contributed by atoms with van der Waals surface area (Å²) in [6, 6.07) is 5.57. The molecule has 0 aliphatic rings. The third-order valence-corrected chi connectivity index (χ3v) is 3.54. The lowest BCUT2D eigenvalue weighted by atomic mass is 10.00. The normalized spacial score (nSPS) is 12.2. The van der Waals surface area contributed by atoms with Gasteiger partial charge >= 0.3 is 0 Å². The molecule has 1 aromatic carbocycles. The van der Waals surface area contributed by atoms with Crippen molar-refractivity contribution in [3.63, 3.8) is 0 Å². The van der Waals surface area contributed by atoms with Gasteiger partial charge in [-0.25, -0.2) is 0 Å². The standard InChI is InChI=1S/C15H21Cl2NO/c1-11(2)12(10-18-7-8-19-3)9-13-14(16)5-4-6-15(13)17/h4-6,9,11,18H,7-8,10H2,1-3H3. The van der Waals surface area contributed by atoms with Crippen LogP contribution in [0.3, 0.4) is 0 Å². The topological polar surface area (TPSA) is 21.3 Å². The molecule has 4 heteroatoms. The van der Waals surface area contributed by atoms with Crippen LogP contribution in [0, 0.1) is 5.92 Å². The molecule has 0 spiro atoms. The van der Waals surface area contributed by atoms with Gasteiger partial charge in [-0.3, -0.25) is 0 Å². The highest BCUT2D eigenvalue weighted by atomic mass is 35.5. The molecule has 0 atom stereocenters. The summed E-state index contributed by atoms with van der Waals surface area (Å²) in [6.07, 6.45) is 2.08. The molecule has 0 unspecified atom stereocenters. The summed E-state index contributed by atoms with van der Waals surface area (Å²) >= 11 is 12.4. The lowest BCUT2D eigenvalue weighted by Gasteiger charge is -2.14. The largest absolute Gasteiger partial charge is 0.383 e. The second-order valence-electron chi connectivity index (χ2n) is 4.68. The van der Waals surface area contributed by atoms with Gasteiger partial charge in [-0.15, -0.1) is 0 Å². The van der Waals surface area contributed by atoms with Crippen LogP contribution in [-0.2, 0) is 4.74 Å². The molecule has 0 saturated heterocycles. The number of rotatable bonds is 7. The molecule has 0 radical (unpaired) electrons. The first-order chi connectivity index (χ1) is 9.06. The third-order valence-electron chi connectivity index (χ3n) is 2.88. The molecule has 19 heavy (non-hydrogen) atoms. The molecule has 0 saturated carbocycles.